The molecule has 0 aromatic carbocycles. The predicted molar refractivity (Wildman–Crippen MR) is 49.9 cm³/mol. The zero-order valence-electron chi connectivity index (χ0n) is 8.23. The van der Waals surface area contributed by atoms with Crippen LogP contribution >= 0.6 is 11.6 Å². The Kier molecular flexibility index (Phi) is 2.80. The van der Waals surface area contributed by atoms with Gasteiger partial charge in [-0.1, -0.05) is 31.5 Å². The lowest BCUT2D eigenvalue weighted by molar-refractivity contribution is -0.120. The minimum absolute atomic E-state index is 0.524. The van der Waals surface area contributed by atoms with E-state index in [1.165, 1.54) is 0 Å². The van der Waals surface area contributed by atoms with Gasteiger partial charge >= 0.3 is 6.18 Å². The molecule has 1 saturated carbocycles. The van der Waals surface area contributed by atoms with Crippen molar-refractivity contribution in [2.24, 2.45) is 23.0 Å². The van der Waals surface area contributed by atoms with Crippen LogP contribution in [0.3, 0.4) is 0 Å². The first-order valence-corrected chi connectivity index (χ1v) is 4.70. The van der Waals surface area contributed by atoms with Gasteiger partial charge in [0.1, 0.15) is 5.03 Å². The van der Waals surface area contributed by atoms with Crippen molar-refractivity contribution in [2.45, 2.75) is 20.0 Å². The molecule has 0 aromatic rings. The number of allylic oxidation sites excluding steroid dienone is 2. The second-order valence-electron chi connectivity index (χ2n) is 4.24. The van der Waals surface area contributed by atoms with E-state index in [4.69, 9.17) is 17.3 Å². The van der Waals surface area contributed by atoms with Gasteiger partial charge in [-0.15, -0.1) is 0 Å². The SMILES string of the molecule is CC1(C)[C@H](C(N)=O)[C@@H]1/C=C(\Cl)C(F)(F)F. The van der Waals surface area contributed by atoms with E-state index >= 15 is 0 Å². The van der Waals surface area contributed by atoms with Crippen LogP contribution in [0.4, 0.5) is 13.2 Å². The summed E-state index contributed by atoms with van der Waals surface area (Å²) in [5.74, 6) is -1.68. The second kappa shape index (κ2) is 3.40. The standard InChI is InChI=1S/C9H11ClF3NO/c1-8(2)4(6(8)7(14)15)3-5(10)9(11,12)13/h3-4,6H,1-2H3,(H2,14,15)/b5-3-/t4-,6-/m0/s1. The number of alkyl halides is 3. The van der Waals surface area contributed by atoms with Gasteiger partial charge in [0.05, 0.1) is 5.92 Å². The quantitative estimate of drug-likeness (QED) is 0.793. The highest BCUT2D eigenvalue weighted by Gasteiger charge is 2.60. The van der Waals surface area contributed by atoms with E-state index in [1.807, 2.05) is 0 Å². The molecule has 0 bridgehead atoms. The average molecular weight is 242 g/mol. The molecule has 1 fully saturated rings. The number of hydrogen-bond donors (Lipinski definition) is 1. The maximum absolute atomic E-state index is 12.1. The third-order valence-electron chi connectivity index (χ3n) is 2.81. The molecule has 1 rings (SSSR count). The summed E-state index contributed by atoms with van der Waals surface area (Å²) in [7, 11) is 0. The van der Waals surface area contributed by atoms with E-state index in [9.17, 15) is 18.0 Å². The second-order valence-corrected chi connectivity index (χ2v) is 4.65. The fourth-order valence-electron chi connectivity index (χ4n) is 1.78. The summed E-state index contributed by atoms with van der Waals surface area (Å²) in [5.41, 5.74) is 4.53. The van der Waals surface area contributed by atoms with Gasteiger partial charge in [0.15, 0.2) is 0 Å². The summed E-state index contributed by atoms with van der Waals surface area (Å²) in [5, 5.41) is -1.19. The van der Waals surface area contributed by atoms with Crippen LogP contribution in [0.1, 0.15) is 13.8 Å². The molecule has 6 heteroatoms. The lowest BCUT2D eigenvalue weighted by atomic mass is 10.1. The molecule has 0 spiro atoms. The monoisotopic (exact) mass is 241 g/mol. The van der Waals surface area contributed by atoms with Gasteiger partial charge in [0.25, 0.3) is 0 Å². The van der Waals surface area contributed by atoms with Crippen LogP contribution in [0.2, 0.25) is 0 Å². The number of amides is 1. The Morgan fingerprint density at radius 2 is 1.93 bits per heavy atom. The van der Waals surface area contributed by atoms with Crippen LogP contribution in [0.15, 0.2) is 11.1 Å². The van der Waals surface area contributed by atoms with Gasteiger partial charge in [0.2, 0.25) is 5.91 Å². The van der Waals surface area contributed by atoms with Crippen molar-refractivity contribution >= 4 is 17.5 Å². The molecule has 1 aliphatic carbocycles. The molecule has 2 atom stereocenters. The molecule has 0 saturated heterocycles. The van der Waals surface area contributed by atoms with E-state index < -0.39 is 34.4 Å². The molecule has 0 aliphatic heterocycles. The topological polar surface area (TPSA) is 43.1 Å². The van der Waals surface area contributed by atoms with Crippen LogP contribution in [-0.4, -0.2) is 12.1 Å². The Hall–Kier alpha value is -0.710. The van der Waals surface area contributed by atoms with E-state index in [2.05, 4.69) is 0 Å². The minimum atomic E-state index is -4.55. The molecule has 0 radical (unpaired) electrons. The number of nitrogens with two attached hydrogens (primary N) is 1. The van der Waals surface area contributed by atoms with E-state index in [0.29, 0.717) is 0 Å². The number of carbonyl (C=O) groups is 1. The van der Waals surface area contributed by atoms with Crippen molar-refractivity contribution in [2.75, 3.05) is 0 Å². The highest BCUT2D eigenvalue weighted by atomic mass is 35.5. The summed E-state index contributed by atoms with van der Waals surface area (Å²) in [6.07, 6.45) is -3.68. The molecule has 1 aliphatic rings. The maximum Gasteiger partial charge on any atom is 0.426 e. The first kappa shape index (κ1) is 12.4. The van der Waals surface area contributed by atoms with Gasteiger partial charge in [-0.3, -0.25) is 4.79 Å². The Morgan fingerprint density at radius 1 is 1.47 bits per heavy atom. The molecule has 0 unspecified atom stereocenters. The first-order chi connectivity index (χ1) is 6.58. The third-order valence-corrected chi connectivity index (χ3v) is 3.15. The molecule has 86 valence electrons. The molecule has 15 heavy (non-hydrogen) atoms. The van der Waals surface area contributed by atoms with Crippen LogP contribution in [0, 0.1) is 17.3 Å². The third kappa shape index (κ3) is 2.27. The molecular weight excluding hydrogens is 231 g/mol. The Balaban J connectivity index is 2.83. The summed E-state index contributed by atoms with van der Waals surface area (Å²) in [4.78, 5) is 10.9. The van der Waals surface area contributed by atoms with Gasteiger partial charge < -0.3 is 5.73 Å². The van der Waals surface area contributed by atoms with Crippen molar-refractivity contribution in [1.82, 2.24) is 0 Å². The number of rotatable bonds is 2. The molecular formula is C9H11ClF3NO. The zero-order valence-corrected chi connectivity index (χ0v) is 8.99. The van der Waals surface area contributed by atoms with Crippen molar-refractivity contribution < 1.29 is 18.0 Å². The minimum Gasteiger partial charge on any atom is -0.369 e. The highest BCUT2D eigenvalue weighted by molar-refractivity contribution is 6.30. The number of halogens is 4. The van der Waals surface area contributed by atoms with E-state index in [1.54, 1.807) is 13.8 Å². The molecule has 1 amide bonds. The molecule has 0 aromatic heterocycles. The summed E-state index contributed by atoms with van der Waals surface area (Å²) in [6, 6.07) is 0. The van der Waals surface area contributed by atoms with Crippen molar-refractivity contribution in [1.29, 1.82) is 0 Å². The van der Waals surface area contributed by atoms with Crippen molar-refractivity contribution in [3.05, 3.63) is 11.1 Å². The molecule has 2 N–H and O–H groups in total. The number of primary amides is 1. The van der Waals surface area contributed by atoms with Gasteiger partial charge in [-0.25, -0.2) is 0 Å². The lowest BCUT2D eigenvalue weighted by Crippen LogP contribution is -2.16. The maximum atomic E-state index is 12.1. The van der Waals surface area contributed by atoms with Crippen molar-refractivity contribution in [3.63, 3.8) is 0 Å². The van der Waals surface area contributed by atoms with Crippen LogP contribution in [-0.2, 0) is 4.79 Å². The zero-order chi connectivity index (χ0) is 12.0. The van der Waals surface area contributed by atoms with Crippen LogP contribution in [0.25, 0.3) is 0 Å². The Bertz CT molecular complexity index is 322. The smallest absolute Gasteiger partial charge is 0.369 e. The van der Waals surface area contributed by atoms with E-state index in [-0.39, 0.29) is 0 Å². The van der Waals surface area contributed by atoms with Crippen molar-refractivity contribution in [3.8, 4) is 0 Å². The summed E-state index contributed by atoms with van der Waals surface area (Å²) >= 11 is 5.07. The molecule has 2 nitrogen and oxygen atoms in total. The largest absolute Gasteiger partial charge is 0.426 e. The fourth-order valence-corrected chi connectivity index (χ4v) is 1.92. The number of hydrogen-bond acceptors (Lipinski definition) is 1. The normalized spacial score (nSPS) is 30.1. The Morgan fingerprint density at radius 3 is 2.20 bits per heavy atom. The van der Waals surface area contributed by atoms with Gasteiger partial charge in [0, 0.05) is 0 Å². The van der Waals surface area contributed by atoms with E-state index in [0.717, 1.165) is 6.08 Å². The Labute approximate surface area is 90.3 Å². The lowest BCUT2D eigenvalue weighted by Gasteiger charge is -2.04. The summed E-state index contributed by atoms with van der Waals surface area (Å²) < 4.78 is 36.3. The molecule has 0 heterocycles. The van der Waals surface area contributed by atoms with Crippen LogP contribution in [0.5, 0.6) is 0 Å². The van der Waals surface area contributed by atoms with Gasteiger partial charge in [-0.05, 0) is 11.3 Å². The number of carbonyl (C=O) groups excluding carboxylic acids is 1. The highest BCUT2D eigenvalue weighted by Crippen LogP contribution is 2.59. The van der Waals surface area contributed by atoms with Crippen LogP contribution < -0.4 is 5.73 Å². The predicted octanol–water partition coefficient (Wildman–Crippen LogP) is 2.43. The average Bonchev–Trinajstić information content (AvgIpc) is 2.50. The summed E-state index contributed by atoms with van der Waals surface area (Å²) in [6.45, 7) is 3.37. The first-order valence-electron chi connectivity index (χ1n) is 4.32. The fraction of sp³-hybridized carbons (Fsp3) is 0.667. The van der Waals surface area contributed by atoms with Gasteiger partial charge in [-0.2, -0.15) is 13.2 Å².